The Bertz CT molecular complexity index is 496. The van der Waals surface area contributed by atoms with E-state index in [9.17, 15) is 9.90 Å². The molecule has 0 radical (unpaired) electrons. The van der Waals surface area contributed by atoms with Crippen molar-refractivity contribution < 1.29 is 14.6 Å². The van der Waals surface area contributed by atoms with E-state index < -0.39 is 11.0 Å². The SMILES string of the molecule is CC(C)(C(=O)NC[C@]1(O)CCOC1)c1cccc(Cl)c1. The molecule has 1 aliphatic rings. The Balaban J connectivity index is 2.03. The fraction of sp³-hybridized carbons (Fsp3) is 0.533. The van der Waals surface area contributed by atoms with E-state index in [0.717, 1.165) is 5.56 Å². The van der Waals surface area contributed by atoms with Crippen LogP contribution in [0.4, 0.5) is 0 Å². The smallest absolute Gasteiger partial charge is 0.230 e. The van der Waals surface area contributed by atoms with Crippen molar-refractivity contribution in [2.45, 2.75) is 31.3 Å². The predicted octanol–water partition coefficient (Wildman–Crippen LogP) is 1.89. The third kappa shape index (κ3) is 3.32. The molecule has 1 aliphatic heterocycles. The van der Waals surface area contributed by atoms with Crippen molar-refractivity contribution >= 4 is 17.5 Å². The van der Waals surface area contributed by atoms with Gasteiger partial charge in [-0.25, -0.2) is 0 Å². The molecule has 2 N–H and O–H groups in total. The van der Waals surface area contributed by atoms with Gasteiger partial charge in [-0.3, -0.25) is 4.79 Å². The van der Waals surface area contributed by atoms with Crippen LogP contribution < -0.4 is 5.32 Å². The van der Waals surface area contributed by atoms with E-state index in [1.807, 2.05) is 26.0 Å². The van der Waals surface area contributed by atoms with Gasteiger partial charge < -0.3 is 15.2 Å². The number of hydrogen-bond donors (Lipinski definition) is 2. The van der Waals surface area contributed by atoms with Crippen LogP contribution in [0.2, 0.25) is 5.02 Å². The van der Waals surface area contributed by atoms with Gasteiger partial charge in [0, 0.05) is 24.6 Å². The predicted molar refractivity (Wildman–Crippen MR) is 77.9 cm³/mol. The average Bonchev–Trinajstić information content (AvgIpc) is 2.83. The largest absolute Gasteiger partial charge is 0.386 e. The van der Waals surface area contributed by atoms with Gasteiger partial charge >= 0.3 is 0 Å². The molecule has 1 atom stereocenters. The van der Waals surface area contributed by atoms with Crippen molar-refractivity contribution in [2.75, 3.05) is 19.8 Å². The van der Waals surface area contributed by atoms with E-state index in [1.54, 1.807) is 12.1 Å². The monoisotopic (exact) mass is 297 g/mol. The summed E-state index contributed by atoms with van der Waals surface area (Å²) in [7, 11) is 0. The second kappa shape index (κ2) is 5.72. The third-order valence-corrected chi connectivity index (χ3v) is 4.01. The van der Waals surface area contributed by atoms with Gasteiger partial charge in [0.05, 0.1) is 12.0 Å². The van der Waals surface area contributed by atoms with Crippen molar-refractivity contribution in [3.05, 3.63) is 34.9 Å². The molecule has 1 saturated heterocycles. The van der Waals surface area contributed by atoms with E-state index in [1.165, 1.54) is 0 Å². The first kappa shape index (κ1) is 15.3. The Morgan fingerprint density at radius 3 is 2.90 bits per heavy atom. The summed E-state index contributed by atoms with van der Waals surface area (Å²) in [5, 5.41) is 13.6. The zero-order valence-corrected chi connectivity index (χ0v) is 12.5. The lowest BCUT2D eigenvalue weighted by atomic mass is 9.83. The Morgan fingerprint density at radius 2 is 2.30 bits per heavy atom. The highest BCUT2D eigenvalue weighted by atomic mass is 35.5. The molecule has 5 heteroatoms. The third-order valence-electron chi connectivity index (χ3n) is 3.77. The van der Waals surface area contributed by atoms with Gasteiger partial charge in [-0.1, -0.05) is 23.7 Å². The van der Waals surface area contributed by atoms with Gasteiger partial charge in [0.2, 0.25) is 5.91 Å². The molecule has 2 rings (SSSR count). The number of rotatable bonds is 4. The minimum absolute atomic E-state index is 0.139. The van der Waals surface area contributed by atoms with Crippen molar-refractivity contribution in [1.29, 1.82) is 0 Å². The number of ether oxygens (including phenoxy) is 1. The average molecular weight is 298 g/mol. The highest BCUT2D eigenvalue weighted by Crippen LogP contribution is 2.26. The van der Waals surface area contributed by atoms with E-state index in [-0.39, 0.29) is 19.1 Å². The molecule has 4 nitrogen and oxygen atoms in total. The molecule has 0 aliphatic carbocycles. The zero-order valence-electron chi connectivity index (χ0n) is 11.8. The van der Waals surface area contributed by atoms with Crippen LogP contribution in [-0.2, 0) is 14.9 Å². The lowest BCUT2D eigenvalue weighted by Crippen LogP contribution is -2.48. The number of amides is 1. The van der Waals surface area contributed by atoms with Crippen LogP contribution in [0, 0.1) is 0 Å². The number of carbonyl (C=O) groups is 1. The molecule has 0 unspecified atom stereocenters. The zero-order chi connectivity index (χ0) is 14.8. The summed E-state index contributed by atoms with van der Waals surface area (Å²) in [6.07, 6.45) is 0.547. The van der Waals surface area contributed by atoms with Crippen LogP contribution in [0.3, 0.4) is 0 Å². The van der Waals surface area contributed by atoms with E-state index >= 15 is 0 Å². The van der Waals surface area contributed by atoms with E-state index in [4.69, 9.17) is 16.3 Å². The van der Waals surface area contributed by atoms with Crippen molar-refractivity contribution in [3.8, 4) is 0 Å². The molecule has 110 valence electrons. The highest BCUT2D eigenvalue weighted by molar-refractivity contribution is 6.30. The Morgan fingerprint density at radius 1 is 1.55 bits per heavy atom. The molecule has 1 heterocycles. The summed E-state index contributed by atoms with van der Waals surface area (Å²) in [5.74, 6) is -0.139. The standard InChI is InChI=1S/C15H20ClNO3/c1-14(2,11-4-3-5-12(16)8-11)13(18)17-9-15(19)6-7-20-10-15/h3-5,8,19H,6-7,9-10H2,1-2H3,(H,17,18)/t15-/m1/s1. The first-order chi connectivity index (χ1) is 9.33. The van der Waals surface area contributed by atoms with Crippen LogP contribution in [0.15, 0.2) is 24.3 Å². The van der Waals surface area contributed by atoms with E-state index in [0.29, 0.717) is 18.1 Å². The molecular weight excluding hydrogens is 278 g/mol. The molecule has 0 bridgehead atoms. The van der Waals surface area contributed by atoms with Crippen LogP contribution in [0.25, 0.3) is 0 Å². The molecule has 1 fully saturated rings. The van der Waals surface area contributed by atoms with Gasteiger partial charge in [-0.05, 0) is 31.5 Å². The summed E-state index contributed by atoms with van der Waals surface area (Å²) in [5.41, 5.74) is -0.807. The number of nitrogens with one attached hydrogen (secondary N) is 1. The van der Waals surface area contributed by atoms with Gasteiger partial charge in [0.25, 0.3) is 0 Å². The first-order valence-electron chi connectivity index (χ1n) is 6.68. The summed E-state index contributed by atoms with van der Waals surface area (Å²) in [6, 6.07) is 7.26. The maximum atomic E-state index is 12.4. The van der Waals surface area contributed by atoms with Crippen LogP contribution in [-0.4, -0.2) is 36.4 Å². The van der Waals surface area contributed by atoms with E-state index in [2.05, 4.69) is 5.32 Å². The quantitative estimate of drug-likeness (QED) is 0.892. The number of carbonyl (C=O) groups excluding carboxylic acids is 1. The Kier molecular flexibility index (Phi) is 4.37. The summed E-state index contributed by atoms with van der Waals surface area (Å²) in [4.78, 5) is 12.4. The minimum Gasteiger partial charge on any atom is -0.386 e. The molecule has 20 heavy (non-hydrogen) atoms. The molecule has 0 saturated carbocycles. The van der Waals surface area contributed by atoms with Gasteiger partial charge in [-0.15, -0.1) is 0 Å². The summed E-state index contributed by atoms with van der Waals surface area (Å²) >= 11 is 5.97. The Labute approximate surface area is 124 Å². The second-order valence-electron chi connectivity index (χ2n) is 5.84. The van der Waals surface area contributed by atoms with Crippen LogP contribution >= 0.6 is 11.6 Å². The number of halogens is 1. The van der Waals surface area contributed by atoms with Gasteiger partial charge in [-0.2, -0.15) is 0 Å². The van der Waals surface area contributed by atoms with Crippen molar-refractivity contribution in [1.82, 2.24) is 5.32 Å². The first-order valence-corrected chi connectivity index (χ1v) is 7.06. The fourth-order valence-corrected chi connectivity index (χ4v) is 2.40. The minimum atomic E-state index is -0.944. The topological polar surface area (TPSA) is 58.6 Å². The normalized spacial score (nSPS) is 22.8. The number of hydrogen-bond acceptors (Lipinski definition) is 3. The number of aliphatic hydroxyl groups is 1. The molecule has 1 amide bonds. The molecule has 0 spiro atoms. The lowest BCUT2D eigenvalue weighted by Gasteiger charge is -2.27. The summed E-state index contributed by atoms with van der Waals surface area (Å²) in [6.45, 7) is 4.68. The second-order valence-corrected chi connectivity index (χ2v) is 6.28. The molecule has 0 aromatic heterocycles. The highest BCUT2D eigenvalue weighted by Gasteiger charge is 2.35. The molecular formula is C15H20ClNO3. The molecule has 1 aromatic rings. The molecule has 1 aromatic carbocycles. The number of benzene rings is 1. The van der Waals surface area contributed by atoms with Crippen LogP contribution in [0.5, 0.6) is 0 Å². The lowest BCUT2D eigenvalue weighted by molar-refractivity contribution is -0.126. The van der Waals surface area contributed by atoms with Crippen molar-refractivity contribution in [2.24, 2.45) is 0 Å². The van der Waals surface area contributed by atoms with Crippen molar-refractivity contribution in [3.63, 3.8) is 0 Å². The maximum absolute atomic E-state index is 12.4. The van der Waals surface area contributed by atoms with Gasteiger partial charge in [0.1, 0.15) is 5.60 Å². The van der Waals surface area contributed by atoms with Gasteiger partial charge in [0.15, 0.2) is 0 Å². The fourth-order valence-electron chi connectivity index (χ4n) is 2.21. The maximum Gasteiger partial charge on any atom is 0.230 e. The van der Waals surface area contributed by atoms with Crippen LogP contribution in [0.1, 0.15) is 25.8 Å². The Hall–Kier alpha value is -1.10. The summed E-state index contributed by atoms with van der Waals surface area (Å²) < 4.78 is 5.16.